The van der Waals surface area contributed by atoms with Gasteiger partial charge in [0, 0.05) is 0 Å². The normalized spacial score (nSPS) is 20.9. The van der Waals surface area contributed by atoms with Gasteiger partial charge < -0.3 is 10.0 Å². The summed E-state index contributed by atoms with van der Waals surface area (Å²) in [6, 6.07) is 0. The molecular formula is C7H11N3O2. The molecule has 1 aliphatic rings. The third-order valence-corrected chi connectivity index (χ3v) is 1.76. The van der Waals surface area contributed by atoms with E-state index >= 15 is 0 Å². The molecule has 0 aromatic carbocycles. The van der Waals surface area contributed by atoms with Crippen LogP contribution in [-0.2, 0) is 4.84 Å². The summed E-state index contributed by atoms with van der Waals surface area (Å²) < 4.78 is 0.782. The molecule has 0 aromatic rings. The number of aliphatic imine (C=N–C) groups is 1. The molecule has 0 amide bonds. The summed E-state index contributed by atoms with van der Waals surface area (Å²) in [6.07, 6.45) is 2.67. The van der Waals surface area contributed by atoms with E-state index in [1.807, 2.05) is 0 Å². The third-order valence-electron chi connectivity index (χ3n) is 1.76. The van der Waals surface area contributed by atoms with Gasteiger partial charge in [-0.2, -0.15) is 0 Å². The molecule has 5 heteroatoms. The highest BCUT2D eigenvalue weighted by molar-refractivity contribution is 6.35. The zero-order valence-corrected chi connectivity index (χ0v) is 7.31. The zero-order valence-electron chi connectivity index (χ0n) is 7.31. The Labute approximate surface area is 70.6 Å². The molecule has 0 aliphatic carbocycles. The summed E-state index contributed by atoms with van der Waals surface area (Å²) >= 11 is 0. The van der Waals surface area contributed by atoms with Crippen LogP contribution in [0.5, 0.6) is 0 Å². The minimum absolute atomic E-state index is 0.597. The van der Waals surface area contributed by atoms with Crippen LogP contribution in [0, 0.1) is 5.21 Å². The first kappa shape index (κ1) is 8.70. The second kappa shape index (κ2) is 2.92. The minimum Gasteiger partial charge on any atom is -0.715 e. The number of oxime groups is 1. The summed E-state index contributed by atoms with van der Waals surface area (Å²) in [5.74, 6) is 0. The molecule has 0 radical (unpaired) electrons. The van der Waals surface area contributed by atoms with Crippen LogP contribution < -0.4 is 0 Å². The Kier molecular flexibility index (Phi) is 2.12. The van der Waals surface area contributed by atoms with Crippen molar-refractivity contribution in [1.82, 2.24) is 0 Å². The maximum Gasteiger partial charge on any atom is 0.285 e. The number of hydrogen-bond donors (Lipinski definition) is 0. The van der Waals surface area contributed by atoms with Gasteiger partial charge in [0.15, 0.2) is 5.54 Å². The molecule has 0 N–H and O–H groups in total. The van der Waals surface area contributed by atoms with Crippen LogP contribution >= 0.6 is 0 Å². The SMILES string of the molecule is CO/N=C\C1=NC=[N+]([O-])C1(C)C. The van der Waals surface area contributed by atoms with Gasteiger partial charge in [-0.1, -0.05) is 5.16 Å². The third kappa shape index (κ3) is 1.30. The van der Waals surface area contributed by atoms with Crippen LogP contribution in [0.25, 0.3) is 0 Å². The Morgan fingerprint density at radius 1 is 1.75 bits per heavy atom. The summed E-state index contributed by atoms with van der Waals surface area (Å²) in [4.78, 5) is 8.37. The Hall–Kier alpha value is -1.39. The van der Waals surface area contributed by atoms with Crippen molar-refractivity contribution in [2.75, 3.05) is 7.11 Å². The predicted octanol–water partition coefficient (Wildman–Crippen LogP) is 0.390. The fraction of sp³-hybridized carbons (Fsp3) is 0.571. The van der Waals surface area contributed by atoms with E-state index < -0.39 is 5.54 Å². The van der Waals surface area contributed by atoms with Crippen molar-refractivity contribution in [3.8, 4) is 0 Å². The Morgan fingerprint density at radius 3 is 2.83 bits per heavy atom. The Balaban J connectivity index is 2.79. The van der Waals surface area contributed by atoms with E-state index in [2.05, 4.69) is 15.0 Å². The zero-order chi connectivity index (χ0) is 9.19. The van der Waals surface area contributed by atoms with Gasteiger partial charge in [0.05, 0.1) is 0 Å². The van der Waals surface area contributed by atoms with Gasteiger partial charge >= 0.3 is 0 Å². The predicted molar refractivity (Wildman–Crippen MR) is 46.7 cm³/mol. The highest BCUT2D eigenvalue weighted by atomic mass is 16.6. The molecule has 0 unspecified atom stereocenters. The molecule has 5 nitrogen and oxygen atoms in total. The molecule has 0 saturated heterocycles. The lowest BCUT2D eigenvalue weighted by atomic mass is 10.0. The van der Waals surface area contributed by atoms with Crippen molar-refractivity contribution in [2.45, 2.75) is 19.4 Å². The molecule has 1 rings (SSSR count). The molecule has 0 bridgehead atoms. The summed E-state index contributed by atoms with van der Waals surface area (Å²) in [6.45, 7) is 3.54. The molecule has 0 saturated carbocycles. The molecule has 12 heavy (non-hydrogen) atoms. The second-order valence-electron chi connectivity index (χ2n) is 2.93. The van der Waals surface area contributed by atoms with Crippen molar-refractivity contribution in [1.29, 1.82) is 0 Å². The molecule has 1 aliphatic heterocycles. The average molecular weight is 169 g/mol. The van der Waals surface area contributed by atoms with Crippen molar-refractivity contribution in [3.05, 3.63) is 5.21 Å². The van der Waals surface area contributed by atoms with E-state index in [0.717, 1.165) is 4.74 Å². The van der Waals surface area contributed by atoms with Crippen LogP contribution in [0.3, 0.4) is 0 Å². The van der Waals surface area contributed by atoms with Gasteiger partial charge in [0.25, 0.3) is 6.34 Å². The molecule has 0 spiro atoms. The van der Waals surface area contributed by atoms with E-state index in [4.69, 9.17) is 0 Å². The van der Waals surface area contributed by atoms with Crippen LogP contribution in [0.4, 0.5) is 0 Å². The van der Waals surface area contributed by atoms with E-state index in [1.165, 1.54) is 19.7 Å². The first-order valence-electron chi connectivity index (χ1n) is 3.53. The molecule has 0 aromatic heterocycles. The number of rotatable bonds is 2. The van der Waals surface area contributed by atoms with E-state index in [1.54, 1.807) is 13.8 Å². The first-order valence-corrected chi connectivity index (χ1v) is 3.53. The van der Waals surface area contributed by atoms with Crippen LogP contribution in [0.15, 0.2) is 10.1 Å². The molecule has 0 fully saturated rings. The van der Waals surface area contributed by atoms with Crippen LogP contribution in [0.1, 0.15) is 13.8 Å². The van der Waals surface area contributed by atoms with Crippen LogP contribution in [0.2, 0.25) is 0 Å². The van der Waals surface area contributed by atoms with Gasteiger partial charge in [-0.25, -0.2) is 0 Å². The molecule has 0 atom stereocenters. The van der Waals surface area contributed by atoms with Crippen molar-refractivity contribution >= 4 is 18.3 Å². The fourth-order valence-electron chi connectivity index (χ4n) is 0.824. The van der Waals surface area contributed by atoms with E-state index in [9.17, 15) is 5.21 Å². The van der Waals surface area contributed by atoms with Gasteiger partial charge in [-0.05, 0) is 18.8 Å². The summed E-state index contributed by atoms with van der Waals surface area (Å²) in [7, 11) is 1.44. The van der Waals surface area contributed by atoms with E-state index in [0.29, 0.717) is 5.71 Å². The Bertz CT molecular complexity index is 266. The molecule has 66 valence electrons. The second-order valence-corrected chi connectivity index (χ2v) is 2.93. The topological polar surface area (TPSA) is 60.0 Å². The number of nitrogens with zero attached hydrogens (tertiary/aromatic N) is 3. The highest BCUT2D eigenvalue weighted by Crippen LogP contribution is 2.13. The number of hydroxylamine groups is 1. The maximum absolute atomic E-state index is 11.1. The molecule has 1 heterocycles. The van der Waals surface area contributed by atoms with E-state index in [-0.39, 0.29) is 0 Å². The van der Waals surface area contributed by atoms with Gasteiger partial charge in [0.2, 0.25) is 5.71 Å². The molecular weight excluding hydrogens is 158 g/mol. The van der Waals surface area contributed by atoms with Gasteiger partial charge in [-0.3, -0.25) is 4.74 Å². The van der Waals surface area contributed by atoms with Crippen molar-refractivity contribution in [2.24, 2.45) is 10.1 Å². The lowest BCUT2D eigenvalue weighted by Crippen LogP contribution is -2.38. The lowest BCUT2D eigenvalue weighted by Gasteiger charge is -2.20. The summed E-state index contributed by atoms with van der Waals surface area (Å²) in [5, 5.41) is 14.7. The quantitative estimate of drug-likeness (QED) is 0.260. The average Bonchev–Trinajstić information content (AvgIpc) is 2.25. The van der Waals surface area contributed by atoms with Crippen LogP contribution in [-0.4, -0.2) is 35.7 Å². The highest BCUT2D eigenvalue weighted by Gasteiger charge is 2.36. The standard InChI is InChI=1S/C7H11N3O2/c1-7(2)6(4-9-12-3)8-5-10(7)11/h4-5H,1-3H3/b9-4-. The van der Waals surface area contributed by atoms with Gasteiger partial charge in [-0.15, -0.1) is 0 Å². The van der Waals surface area contributed by atoms with Crippen molar-refractivity contribution < 1.29 is 9.58 Å². The van der Waals surface area contributed by atoms with Crippen molar-refractivity contribution in [3.63, 3.8) is 0 Å². The largest absolute Gasteiger partial charge is 0.715 e. The summed E-state index contributed by atoms with van der Waals surface area (Å²) in [5.41, 5.74) is -0.0403. The maximum atomic E-state index is 11.1. The monoisotopic (exact) mass is 169 g/mol. The fourth-order valence-corrected chi connectivity index (χ4v) is 0.824. The lowest BCUT2D eigenvalue weighted by molar-refractivity contribution is -0.508. The smallest absolute Gasteiger partial charge is 0.285 e. The van der Waals surface area contributed by atoms with Gasteiger partial charge in [0.1, 0.15) is 13.3 Å². The Morgan fingerprint density at radius 2 is 2.42 bits per heavy atom. The minimum atomic E-state index is -0.637. The first-order chi connectivity index (χ1) is 5.59. The number of hydrogen-bond acceptors (Lipinski definition) is 4.